The average molecular weight is 988 g/mol. The molecular formula is C66H53NO8. The molecule has 0 saturated carbocycles. The third-order valence-electron chi connectivity index (χ3n) is 12.2. The summed E-state index contributed by atoms with van der Waals surface area (Å²) in [5.41, 5.74) is 12.6. The van der Waals surface area contributed by atoms with Gasteiger partial charge in [0.15, 0.2) is 5.75 Å². The Hall–Kier alpha value is -9.57. The number of hydrogen-bond acceptors (Lipinski definition) is 9. The van der Waals surface area contributed by atoms with Crippen molar-refractivity contribution in [2.45, 2.75) is 32.8 Å². The van der Waals surface area contributed by atoms with Crippen LogP contribution in [0.1, 0.15) is 68.2 Å². The van der Waals surface area contributed by atoms with Crippen molar-refractivity contribution in [1.82, 2.24) is 0 Å². The quantitative estimate of drug-likeness (QED) is 0.0184. The Morgan fingerprint density at radius 1 is 0.440 bits per heavy atom. The van der Waals surface area contributed by atoms with Gasteiger partial charge >= 0.3 is 17.9 Å². The first-order valence-electron chi connectivity index (χ1n) is 24.6. The number of hydrogen-bond donors (Lipinski definition) is 0. The largest absolute Gasteiger partial charge is 0.427 e. The third kappa shape index (κ3) is 13.9. The Morgan fingerprint density at radius 3 is 1.32 bits per heavy atom. The van der Waals surface area contributed by atoms with Gasteiger partial charge in [-0.1, -0.05) is 147 Å². The molecule has 9 rings (SSSR count). The molecule has 0 unspecified atom stereocenters. The molecule has 75 heavy (non-hydrogen) atoms. The summed E-state index contributed by atoms with van der Waals surface area (Å²) in [7, 11) is 0. The summed E-state index contributed by atoms with van der Waals surface area (Å²) >= 11 is 0. The molecule has 370 valence electrons. The lowest BCUT2D eigenvalue weighted by Crippen LogP contribution is -2.12. The van der Waals surface area contributed by atoms with E-state index in [9.17, 15) is 14.4 Å². The van der Waals surface area contributed by atoms with Gasteiger partial charge in [-0.3, -0.25) is 4.79 Å². The van der Waals surface area contributed by atoms with Crippen LogP contribution in [0.2, 0.25) is 0 Å². The highest BCUT2D eigenvalue weighted by molar-refractivity contribution is 5.93. The summed E-state index contributed by atoms with van der Waals surface area (Å²) in [6.07, 6.45) is 5.01. The number of carbonyl (C=O) groups excluding carboxylic acids is 3. The molecule has 0 N–H and O–H groups in total. The van der Waals surface area contributed by atoms with Gasteiger partial charge in [-0.05, 0) is 166 Å². The molecule has 0 saturated heterocycles. The van der Waals surface area contributed by atoms with Gasteiger partial charge in [0.2, 0.25) is 0 Å². The van der Waals surface area contributed by atoms with E-state index in [0.717, 1.165) is 73.2 Å². The summed E-state index contributed by atoms with van der Waals surface area (Å²) in [6.45, 7) is 5.41. The van der Waals surface area contributed by atoms with Gasteiger partial charge in [0.25, 0.3) is 0 Å². The molecule has 0 heterocycles. The van der Waals surface area contributed by atoms with Crippen molar-refractivity contribution in [1.29, 1.82) is 0 Å². The second-order valence-electron chi connectivity index (χ2n) is 17.5. The summed E-state index contributed by atoms with van der Waals surface area (Å²) < 4.78 is 16.3. The van der Waals surface area contributed by atoms with Gasteiger partial charge in [-0.15, -0.1) is 0 Å². The monoisotopic (exact) mass is 987 g/mol. The number of ether oxygens (including phenoxy) is 3. The van der Waals surface area contributed by atoms with Gasteiger partial charge < -0.3 is 24.0 Å². The Morgan fingerprint density at radius 2 is 0.853 bits per heavy atom. The molecule has 0 aliphatic rings. The van der Waals surface area contributed by atoms with Gasteiger partial charge in [0.1, 0.15) is 23.9 Å². The fourth-order valence-corrected chi connectivity index (χ4v) is 8.24. The minimum atomic E-state index is -0.509. The van der Waals surface area contributed by atoms with Crippen molar-refractivity contribution < 1.29 is 38.4 Å². The van der Waals surface area contributed by atoms with E-state index in [2.05, 4.69) is 90.4 Å². The zero-order valence-corrected chi connectivity index (χ0v) is 41.3. The smallest absolute Gasteiger partial charge is 0.343 e. The molecule has 0 spiro atoms. The lowest BCUT2D eigenvalue weighted by atomic mass is 9.95. The number of benzene rings is 9. The summed E-state index contributed by atoms with van der Waals surface area (Å²) in [6, 6.07) is 74.6. The number of rotatable bonds is 20. The van der Waals surface area contributed by atoms with Crippen molar-refractivity contribution in [3.8, 4) is 23.0 Å². The fourth-order valence-electron chi connectivity index (χ4n) is 8.24. The highest BCUT2D eigenvalue weighted by Gasteiger charge is 2.16. The van der Waals surface area contributed by atoms with Gasteiger partial charge in [-0.2, -0.15) is 4.89 Å². The molecule has 9 aromatic rings. The van der Waals surface area contributed by atoms with Crippen molar-refractivity contribution in [2.75, 3.05) is 4.90 Å². The van der Waals surface area contributed by atoms with E-state index >= 15 is 0 Å². The molecule has 0 aromatic heterocycles. The van der Waals surface area contributed by atoms with E-state index in [1.165, 1.54) is 0 Å². The zero-order chi connectivity index (χ0) is 51.8. The molecule has 0 amide bonds. The molecule has 0 bridgehead atoms. The maximum atomic E-state index is 13.5. The van der Waals surface area contributed by atoms with Gasteiger partial charge in [0.05, 0.1) is 5.56 Å². The standard InChI is InChI=1S/C66H53NO8/c1-3-64(68)72-59-35-19-47(20-36-59)43-49-23-39-61(40-24-49)74-66(70)55-27-33-58(34-28-55)67(56-29-15-51(16-30-56)45-63(53-11-7-5-8-12-53)54-13-9-6-10-14-54)57-31-17-52(18-32-57)46-71-75-62-41-25-50(26-42-62)44-48-21-37-60(38-22-48)73-65(69)4-2/h3,5-42,45H,1,4,43-44,46H2,2H3. The molecule has 9 heteroatoms. The van der Waals surface area contributed by atoms with Crippen LogP contribution in [0.15, 0.2) is 243 Å². The SMILES string of the molecule is C=CC(=O)Oc1ccc(Cc2ccc(OC(=O)c3ccc(N(c4ccc(C=C(c5ccccc5)c5ccccc5)cc4)c4ccc(COOc5ccc(Cc6ccc(OC(=O)CC)cc6)cc5)cc4)cc3)cc2)cc1. The first kappa shape index (κ1) is 50.4. The van der Waals surface area contributed by atoms with Crippen LogP contribution in [0.25, 0.3) is 11.6 Å². The van der Waals surface area contributed by atoms with E-state index in [4.69, 9.17) is 24.0 Å². The van der Waals surface area contributed by atoms with E-state index in [1.807, 2.05) is 121 Å². The minimum absolute atomic E-state index is 0.215. The predicted octanol–water partition coefficient (Wildman–Crippen LogP) is 15.1. The Balaban J connectivity index is 0.882. The molecular weight excluding hydrogens is 935 g/mol. The lowest BCUT2D eigenvalue weighted by Gasteiger charge is -2.26. The van der Waals surface area contributed by atoms with Crippen molar-refractivity contribution in [3.63, 3.8) is 0 Å². The summed E-state index contributed by atoms with van der Waals surface area (Å²) in [4.78, 5) is 50.2. The second kappa shape index (κ2) is 24.7. The highest BCUT2D eigenvalue weighted by atomic mass is 17.2. The Kier molecular flexibility index (Phi) is 16.6. The van der Waals surface area contributed by atoms with Crippen LogP contribution < -0.4 is 24.0 Å². The Labute approximate surface area is 437 Å². The molecule has 9 nitrogen and oxygen atoms in total. The minimum Gasteiger partial charge on any atom is -0.427 e. The molecule has 0 aliphatic carbocycles. The van der Waals surface area contributed by atoms with E-state index < -0.39 is 11.9 Å². The van der Waals surface area contributed by atoms with Crippen LogP contribution in [0.4, 0.5) is 17.1 Å². The van der Waals surface area contributed by atoms with Crippen molar-refractivity contribution >= 4 is 46.6 Å². The lowest BCUT2D eigenvalue weighted by molar-refractivity contribution is -0.217. The molecule has 0 aliphatic heterocycles. The molecule has 0 fully saturated rings. The normalized spacial score (nSPS) is 10.7. The van der Waals surface area contributed by atoms with Crippen LogP contribution in [-0.4, -0.2) is 17.9 Å². The molecule has 9 aromatic carbocycles. The van der Waals surface area contributed by atoms with Crippen LogP contribution in [-0.2, 0) is 33.9 Å². The first-order valence-corrected chi connectivity index (χ1v) is 24.6. The maximum absolute atomic E-state index is 13.5. The van der Waals surface area contributed by atoms with Crippen LogP contribution in [0, 0.1) is 0 Å². The summed E-state index contributed by atoms with van der Waals surface area (Å²) in [5.74, 6) is 0.752. The summed E-state index contributed by atoms with van der Waals surface area (Å²) in [5, 5.41) is 0. The first-order chi connectivity index (χ1) is 36.7. The second-order valence-corrected chi connectivity index (χ2v) is 17.5. The van der Waals surface area contributed by atoms with E-state index in [1.54, 1.807) is 43.3 Å². The fraction of sp³-hybridized carbons (Fsp3) is 0.0758. The van der Waals surface area contributed by atoms with Crippen LogP contribution in [0.5, 0.6) is 23.0 Å². The highest BCUT2D eigenvalue weighted by Crippen LogP contribution is 2.36. The van der Waals surface area contributed by atoms with Gasteiger partial charge in [-0.25, -0.2) is 9.59 Å². The van der Waals surface area contributed by atoms with E-state index in [0.29, 0.717) is 47.8 Å². The number of carbonyl (C=O) groups is 3. The topological polar surface area (TPSA) is 101 Å². The number of esters is 3. The molecule has 0 atom stereocenters. The predicted molar refractivity (Wildman–Crippen MR) is 294 cm³/mol. The van der Waals surface area contributed by atoms with Crippen molar-refractivity contribution in [2.24, 2.45) is 0 Å². The van der Waals surface area contributed by atoms with Crippen LogP contribution >= 0.6 is 0 Å². The average Bonchev–Trinajstić information content (AvgIpc) is 3.46. The zero-order valence-electron chi connectivity index (χ0n) is 41.3. The van der Waals surface area contributed by atoms with E-state index in [-0.39, 0.29) is 12.6 Å². The van der Waals surface area contributed by atoms with Crippen LogP contribution in [0.3, 0.4) is 0 Å². The number of nitrogens with zero attached hydrogens (tertiary/aromatic N) is 1. The Bertz CT molecular complexity index is 3310. The van der Waals surface area contributed by atoms with Crippen molar-refractivity contribution in [3.05, 3.63) is 293 Å². The van der Waals surface area contributed by atoms with Gasteiger partial charge in [0, 0.05) is 29.6 Å². The molecule has 0 radical (unpaired) electrons. The third-order valence-corrected chi connectivity index (χ3v) is 12.2. The maximum Gasteiger partial charge on any atom is 0.343 e. The number of anilines is 3.